The van der Waals surface area contributed by atoms with Crippen molar-refractivity contribution >= 4 is 15.7 Å². The molecule has 0 spiro atoms. The number of aliphatic hydroxyl groups excluding tert-OH is 1. The van der Waals surface area contributed by atoms with Crippen molar-refractivity contribution < 1.29 is 18.3 Å². The second-order valence-corrected chi connectivity index (χ2v) is 7.05. The molecule has 0 aliphatic heterocycles. The topological polar surface area (TPSA) is 102 Å². The van der Waals surface area contributed by atoms with Gasteiger partial charge in [0.05, 0.1) is 23.8 Å². The zero-order chi connectivity index (χ0) is 15.5. The molecule has 1 saturated carbocycles. The van der Waals surface area contributed by atoms with E-state index in [4.69, 9.17) is 10.5 Å². The van der Waals surface area contributed by atoms with Crippen LogP contribution in [0.3, 0.4) is 0 Å². The van der Waals surface area contributed by atoms with E-state index in [0.29, 0.717) is 24.3 Å². The van der Waals surface area contributed by atoms with Crippen molar-refractivity contribution in [1.82, 2.24) is 4.72 Å². The van der Waals surface area contributed by atoms with Gasteiger partial charge in [0, 0.05) is 12.1 Å². The van der Waals surface area contributed by atoms with Crippen LogP contribution < -0.4 is 15.2 Å². The molecule has 0 amide bonds. The third-order valence-electron chi connectivity index (χ3n) is 3.80. The van der Waals surface area contributed by atoms with Crippen molar-refractivity contribution in [3.63, 3.8) is 0 Å². The molecule has 4 N–H and O–H groups in total. The zero-order valence-electron chi connectivity index (χ0n) is 12.1. The van der Waals surface area contributed by atoms with Gasteiger partial charge in [-0.1, -0.05) is 19.3 Å². The normalized spacial score (nSPS) is 23.5. The van der Waals surface area contributed by atoms with Gasteiger partial charge in [-0.15, -0.1) is 0 Å². The minimum absolute atomic E-state index is 0.0880. The Morgan fingerprint density at radius 3 is 2.71 bits per heavy atom. The molecule has 0 saturated heterocycles. The van der Waals surface area contributed by atoms with Crippen LogP contribution in [0.2, 0.25) is 0 Å². The molecule has 1 aromatic rings. The summed E-state index contributed by atoms with van der Waals surface area (Å²) in [4.78, 5) is 0.0880. The number of methoxy groups -OCH3 is 1. The molecule has 7 heteroatoms. The Morgan fingerprint density at radius 1 is 1.29 bits per heavy atom. The molecule has 1 aliphatic rings. The molecule has 118 valence electrons. The maximum absolute atomic E-state index is 12.4. The van der Waals surface area contributed by atoms with Gasteiger partial charge in [-0.2, -0.15) is 0 Å². The standard InChI is InChI=1S/C14H22N2O4S/c1-20-14-9-10(7-8-11(14)15)21(18,19)16-12-5-3-2-4-6-13(12)17/h7-9,12-13,16-17H,2-6,15H2,1H3. The van der Waals surface area contributed by atoms with Crippen LogP contribution in [-0.2, 0) is 10.0 Å². The van der Waals surface area contributed by atoms with Crippen LogP contribution in [0.1, 0.15) is 32.1 Å². The number of nitrogens with one attached hydrogen (secondary N) is 1. The highest BCUT2D eigenvalue weighted by atomic mass is 32.2. The fraction of sp³-hybridized carbons (Fsp3) is 0.571. The summed E-state index contributed by atoms with van der Waals surface area (Å²) in [6.07, 6.45) is 3.48. The van der Waals surface area contributed by atoms with Gasteiger partial charge in [0.2, 0.25) is 10.0 Å². The molecule has 1 aliphatic carbocycles. The molecule has 2 atom stereocenters. The molecule has 1 fully saturated rings. The van der Waals surface area contributed by atoms with Gasteiger partial charge in [0.25, 0.3) is 0 Å². The molecule has 2 unspecified atom stereocenters. The van der Waals surface area contributed by atoms with E-state index in [0.717, 1.165) is 19.3 Å². The number of nitrogens with two attached hydrogens (primary N) is 1. The summed E-state index contributed by atoms with van der Waals surface area (Å²) in [5, 5.41) is 10.0. The van der Waals surface area contributed by atoms with Crippen molar-refractivity contribution in [3.8, 4) is 5.75 Å². The van der Waals surface area contributed by atoms with Crippen molar-refractivity contribution in [2.45, 2.75) is 49.1 Å². The Kier molecular flexibility index (Phi) is 5.08. The SMILES string of the molecule is COc1cc(S(=O)(=O)NC2CCCCCC2O)ccc1N. The van der Waals surface area contributed by atoms with Gasteiger partial charge in [0.1, 0.15) is 5.75 Å². The number of hydrogen-bond acceptors (Lipinski definition) is 5. The number of sulfonamides is 1. The van der Waals surface area contributed by atoms with Crippen molar-refractivity contribution in [1.29, 1.82) is 0 Å². The van der Waals surface area contributed by atoms with Crippen molar-refractivity contribution in [2.24, 2.45) is 0 Å². The first-order chi connectivity index (χ1) is 9.94. The van der Waals surface area contributed by atoms with E-state index in [1.807, 2.05) is 0 Å². The summed E-state index contributed by atoms with van der Waals surface area (Å²) in [7, 11) is -2.27. The van der Waals surface area contributed by atoms with Gasteiger partial charge < -0.3 is 15.6 Å². The van der Waals surface area contributed by atoms with E-state index in [9.17, 15) is 13.5 Å². The maximum Gasteiger partial charge on any atom is 0.241 e. The van der Waals surface area contributed by atoms with Crippen LogP contribution in [0.5, 0.6) is 5.75 Å². The molecule has 0 aromatic heterocycles. The first-order valence-corrected chi connectivity index (χ1v) is 8.56. The summed E-state index contributed by atoms with van der Waals surface area (Å²) < 4.78 is 32.5. The lowest BCUT2D eigenvalue weighted by Crippen LogP contribution is -2.42. The van der Waals surface area contributed by atoms with E-state index in [2.05, 4.69) is 4.72 Å². The van der Waals surface area contributed by atoms with Gasteiger partial charge in [-0.3, -0.25) is 0 Å². The fourth-order valence-corrected chi connectivity index (χ4v) is 3.87. The highest BCUT2D eigenvalue weighted by Crippen LogP contribution is 2.26. The third-order valence-corrected chi connectivity index (χ3v) is 5.29. The van der Waals surface area contributed by atoms with Crippen LogP contribution in [0.4, 0.5) is 5.69 Å². The minimum Gasteiger partial charge on any atom is -0.495 e. The van der Waals surface area contributed by atoms with Gasteiger partial charge in [0.15, 0.2) is 0 Å². The summed E-state index contributed by atoms with van der Waals surface area (Å²) in [6.45, 7) is 0. The monoisotopic (exact) mass is 314 g/mol. The molecule has 1 aromatic carbocycles. The Labute approximate surface area is 125 Å². The Hall–Kier alpha value is -1.31. The molecular formula is C14H22N2O4S. The second kappa shape index (κ2) is 6.64. The van der Waals surface area contributed by atoms with E-state index in [-0.39, 0.29) is 4.90 Å². The van der Waals surface area contributed by atoms with Crippen LogP contribution >= 0.6 is 0 Å². The Morgan fingerprint density at radius 2 is 2.00 bits per heavy atom. The second-order valence-electron chi connectivity index (χ2n) is 5.34. The van der Waals surface area contributed by atoms with E-state index in [1.54, 1.807) is 0 Å². The van der Waals surface area contributed by atoms with Gasteiger partial charge >= 0.3 is 0 Å². The fourth-order valence-electron chi connectivity index (χ4n) is 2.55. The summed E-state index contributed by atoms with van der Waals surface area (Å²) in [5.41, 5.74) is 6.07. The zero-order valence-corrected chi connectivity index (χ0v) is 12.9. The summed E-state index contributed by atoms with van der Waals surface area (Å²) in [6, 6.07) is 3.88. The Balaban J connectivity index is 2.21. The van der Waals surface area contributed by atoms with Gasteiger partial charge in [-0.25, -0.2) is 13.1 Å². The minimum atomic E-state index is -3.70. The average molecular weight is 314 g/mol. The average Bonchev–Trinajstić information content (AvgIpc) is 2.64. The van der Waals surface area contributed by atoms with Crippen LogP contribution in [0.15, 0.2) is 23.1 Å². The third kappa shape index (κ3) is 3.87. The number of hydrogen-bond donors (Lipinski definition) is 3. The highest BCUT2D eigenvalue weighted by molar-refractivity contribution is 7.89. The van der Waals surface area contributed by atoms with Crippen molar-refractivity contribution in [3.05, 3.63) is 18.2 Å². The number of nitrogen functional groups attached to an aromatic ring is 1. The molecule has 0 bridgehead atoms. The summed E-state index contributed by atoms with van der Waals surface area (Å²) in [5.74, 6) is 0.319. The number of aliphatic hydroxyl groups is 1. The van der Waals surface area contributed by atoms with E-state index < -0.39 is 22.2 Å². The number of rotatable bonds is 4. The molecule has 0 radical (unpaired) electrons. The molecule has 6 nitrogen and oxygen atoms in total. The molecule has 21 heavy (non-hydrogen) atoms. The number of anilines is 1. The lowest BCUT2D eigenvalue weighted by atomic mass is 10.1. The lowest BCUT2D eigenvalue weighted by Gasteiger charge is -2.21. The molecule has 0 heterocycles. The maximum atomic E-state index is 12.4. The number of benzene rings is 1. The molecule has 2 rings (SSSR count). The largest absolute Gasteiger partial charge is 0.495 e. The van der Waals surface area contributed by atoms with Crippen molar-refractivity contribution in [2.75, 3.05) is 12.8 Å². The van der Waals surface area contributed by atoms with Crippen LogP contribution in [-0.4, -0.2) is 32.8 Å². The van der Waals surface area contributed by atoms with Crippen LogP contribution in [0.25, 0.3) is 0 Å². The predicted molar refractivity (Wildman–Crippen MR) is 80.6 cm³/mol. The first-order valence-electron chi connectivity index (χ1n) is 7.08. The lowest BCUT2D eigenvalue weighted by molar-refractivity contribution is 0.130. The molecular weight excluding hydrogens is 292 g/mol. The van der Waals surface area contributed by atoms with E-state index in [1.165, 1.54) is 25.3 Å². The van der Waals surface area contributed by atoms with Crippen LogP contribution in [0, 0.1) is 0 Å². The van der Waals surface area contributed by atoms with Gasteiger partial charge in [-0.05, 0) is 25.0 Å². The first kappa shape index (κ1) is 16.1. The predicted octanol–water partition coefficient (Wildman–Crippen LogP) is 1.25. The Bertz CT molecular complexity index is 589. The number of ether oxygens (including phenoxy) is 1. The van der Waals surface area contributed by atoms with E-state index >= 15 is 0 Å². The smallest absolute Gasteiger partial charge is 0.241 e. The highest BCUT2D eigenvalue weighted by Gasteiger charge is 2.27. The quantitative estimate of drug-likeness (QED) is 0.573. The summed E-state index contributed by atoms with van der Waals surface area (Å²) >= 11 is 0.